The normalized spacial score (nSPS) is 10.0. The lowest BCUT2D eigenvalue weighted by molar-refractivity contribution is 0.102. The SMILES string of the molecule is COc1ccc(Cl)cc1NC(=O)c1ccoc1. The summed E-state index contributed by atoms with van der Waals surface area (Å²) in [6.07, 6.45) is 2.80. The summed E-state index contributed by atoms with van der Waals surface area (Å²) in [7, 11) is 1.52. The Labute approximate surface area is 103 Å². The number of rotatable bonds is 3. The number of anilines is 1. The van der Waals surface area contributed by atoms with E-state index in [-0.39, 0.29) is 5.91 Å². The molecule has 0 aliphatic carbocycles. The van der Waals surface area contributed by atoms with Gasteiger partial charge in [-0.2, -0.15) is 0 Å². The zero-order valence-corrected chi connectivity index (χ0v) is 9.82. The molecule has 0 aliphatic rings. The first-order valence-corrected chi connectivity index (χ1v) is 5.25. The number of benzene rings is 1. The summed E-state index contributed by atoms with van der Waals surface area (Å²) in [5.74, 6) is 0.269. The lowest BCUT2D eigenvalue weighted by Crippen LogP contribution is -2.11. The van der Waals surface area contributed by atoms with Gasteiger partial charge in [-0.15, -0.1) is 0 Å². The number of carbonyl (C=O) groups is 1. The molecule has 1 amide bonds. The van der Waals surface area contributed by atoms with Crippen LogP contribution in [0.5, 0.6) is 5.75 Å². The predicted molar refractivity (Wildman–Crippen MR) is 64.7 cm³/mol. The molecule has 17 heavy (non-hydrogen) atoms. The molecule has 0 aliphatic heterocycles. The molecule has 1 N–H and O–H groups in total. The molecule has 88 valence electrons. The molecule has 1 aromatic heterocycles. The van der Waals surface area contributed by atoms with Gasteiger partial charge in [0.15, 0.2) is 0 Å². The molecule has 5 heteroatoms. The largest absolute Gasteiger partial charge is 0.495 e. The van der Waals surface area contributed by atoms with Crippen molar-refractivity contribution in [2.75, 3.05) is 12.4 Å². The van der Waals surface area contributed by atoms with Crippen molar-refractivity contribution in [2.24, 2.45) is 0 Å². The number of ether oxygens (including phenoxy) is 1. The lowest BCUT2D eigenvalue weighted by Gasteiger charge is -2.09. The van der Waals surface area contributed by atoms with E-state index >= 15 is 0 Å². The van der Waals surface area contributed by atoms with Gasteiger partial charge in [-0.25, -0.2) is 0 Å². The molecule has 4 nitrogen and oxygen atoms in total. The van der Waals surface area contributed by atoms with Gasteiger partial charge < -0.3 is 14.5 Å². The summed E-state index contributed by atoms with van der Waals surface area (Å²) in [5.41, 5.74) is 0.957. The van der Waals surface area contributed by atoms with Crippen LogP contribution in [0.3, 0.4) is 0 Å². The highest BCUT2D eigenvalue weighted by molar-refractivity contribution is 6.31. The number of furan rings is 1. The highest BCUT2D eigenvalue weighted by atomic mass is 35.5. The first kappa shape index (κ1) is 11.5. The molecule has 0 fully saturated rings. The minimum Gasteiger partial charge on any atom is -0.495 e. The molecule has 0 radical (unpaired) electrons. The molecule has 2 aromatic rings. The fourth-order valence-electron chi connectivity index (χ4n) is 1.37. The van der Waals surface area contributed by atoms with E-state index in [9.17, 15) is 4.79 Å². The fourth-order valence-corrected chi connectivity index (χ4v) is 1.54. The van der Waals surface area contributed by atoms with E-state index in [1.165, 1.54) is 19.6 Å². The number of hydrogen-bond donors (Lipinski definition) is 1. The maximum absolute atomic E-state index is 11.8. The Morgan fingerprint density at radius 3 is 2.88 bits per heavy atom. The van der Waals surface area contributed by atoms with Crippen molar-refractivity contribution in [3.8, 4) is 5.75 Å². The minimum absolute atomic E-state index is 0.278. The topological polar surface area (TPSA) is 51.5 Å². The third kappa shape index (κ3) is 2.60. The van der Waals surface area contributed by atoms with Crippen molar-refractivity contribution in [1.82, 2.24) is 0 Å². The van der Waals surface area contributed by atoms with Crippen molar-refractivity contribution in [2.45, 2.75) is 0 Å². The molecule has 1 heterocycles. The van der Waals surface area contributed by atoms with Gasteiger partial charge in [0.25, 0.3) is 5.91 Å². The molecular weight excluding hydrogens is 242 g/mol. The maximum Gasteiger partial charge on any atom is 0.259 e. The highest BCUT2D eigenvalue weighted by Crippen LogP contribution is 2.28. The number of methoxy groups -OCH3 is 1. The fraction of sp³-hybridized carbons (Fsp3) is 0.0833. The Bertz CT molecular complexity index is 523. The molecule has 0 saturated heterocycles. The van der Waals surface area contributed by atoms with Crippen LogP contribution in [-0.4, -0.2) is 13.0 Å². The smallest absolute Gasteiger partial charge is 0.259 e. The van der Waals surface area contributed by atoms with Gasteiger partial charge in [0.1, 0.15) is 12.0 Å². The van der Waals surface area contributed by atoms with Gasteiger partial charge in [0.05, 0.1) is 24.6 Å². The first-order chi connectivity index (χ1) is 8.20. The van der Waals surface area contributed by atoms with Crippen LogP contribution >= 0.6 is 11.6 Å². The number of nitrogens with one attached hydrogen (secondary N) is 1. The average molecular weight is 252 g/mol. The standard InChI is InChI=1S/C12H10ClNO3/c1-16-11-3-2-9(13)6-10(11)14-12(15)8-4-5-17-7-8/h2-7H,1H3,(H,14,15). The Balaban J connectivity index is 2.23. The molecule has 0 unspecified atom stereocenters. The number of amides is 1. The summed E-state index contributed by atoms with van der Waals surface area (Å²) in [4.78, 5) is 11.8. The molecular formula is C12H10ClNO3. The number of hydrogen-bond acceptors (Lipinski definition) is 3. The highest BCUT2D eigenvalue weighted by Gasteiger charge is 2.10. The van der Waals surface area contributed by atoms with Crippen molar-refractivity contribution < 1.29 is 13.9 Å². The quantitative estimate of drug-likeness (QED) is 0.911. The van der Waals surface area contributed by atoms with Crippen LogP contribution in [0.2, 0.25) is 5.02 Å². The zero-order valence-electron chi connectivity index (χ0n) is 9.07. The van der Waals surface area contributed by atoms with Crippen LogP contribution in [-0.2, 0) is 0 Å². The molecule has 2 rings (SSSR count). The zero-order chi connectivity index (χ0) is 12.3. The summed E-state index contributed by atoms with van der Waals surface area (Å²) in [6, 6.07) is 6.58. The van der Waals surface area contributed by atoms with E-state index in [4.69, 9.17) is 20.8 Å². The van der Waals surface area contributed by atoms with Crippen LogP contribution in [0.1, 0.15) is 10.4 Å². The second kappa shape index (κ2) is 4.93. The summed E-state index contributed by atoms with van der Waals surface area (Å²) >= 11 is 5.86. The van der Waals surface area contributed by atoms with E-state index in [0.717, 1.165) is 0 Å². The second-order valence-electron chi connectivity index (χ2n) is 3.31. The Kier molecular flexibility index (Phi) is 3.35. The van der Waals surface area contributed by atoms with Gasteiger partial charge in [-0.3, -0.25) is 4.79 Å². The summed E-state index contributed by atoms with van der Waals surface area (Å²) < 4.78 is 9.96. The third-order valence-corrected chi connectivity index (χ3v) is 2.43. The monoisotopic (exact) mass is 251 g/mol. The van der Waals surface area contributed by atoms with Gasteiger partial charge >= 0.3 is 0 Å². The first-order valence-electron chi connectivity index (χ1n) is 4.88. The van der Waals surface area contributed by atoms with Gasteiger partial charge in [-0.1, -0.05) is 11.6 Å². The average Bonchev–Trinajstić information content (AvgIpc) is 2.83. The lowest BCUT2D eigenvalue weighted by atomic mass is 10.2. The molecule has 0 atom stereocenters. The molecule has 0 bridgehead atoms. The summed E-state index contributed by atoms with van der Waals surface area (Å²) in [5, 5.41) is 3.22. The maximum atomic E-state index is 11.8. The Morgan fingerprint density at radius 2 is 2.24 bits per heavy atom. The van der Waals surface area contributed by atoms with E-state index in [2.05, 4.69) is 5.32 Å². The Morgan fingerprint density at radius 1 is 1.41 bits per heavy atom. The van der Waals surface area contributed by atoms with Gasteiger partial charge in [-0.05, 0) is 24.3 Å². The van der Waals surface area contributed by atoms with Crippen LogP contribution in [0.25, 0.3) is 0 Å². The predicted octanol–water partition coefficient (Wildman–Crippen LogP) is 3.19. The molecule has 0 saturated carbocycles. The van der Waals surface area contributed by atoms with E-state index in [1.54, 1.807) is 24.3 Å². The number of halogens is 1. The number of carbonyl (C=O) groups excluding carboxylic acids is 1. The molecule has 1 aromatic carbocycles. The molecule has 0 spiro atoms. The van der Waals surface area contributed by atoms with E-state index in [0.29, 0.717) is 22.0 Å². The second-order valence-corrected chi connectivity index (χ2v) is 3.75. The van der Waals surface area contributed by atoms with Crippen LogP contribution in [0.4, 0.5) is 5.69 Å². The Hall–Kier alpha value is -1.94. The van der Waals surface area contributed by atoms with Crippen molar-refractivity contribution >= 4 is 23.2 Å². The summed E-state index contributed by atoms with van der Waals surface area (Å²) in [6.45, 7) is 0. The van der Waals surface area contributed by atoms with E-state index in [1.807, 2.05) is 0 Å². The van der Waals surface area contributed by atoms with E-state index < -0.39 is 0 Å². The van der Waals surface area contributed by atoms with Crippen molar-refractivity contribution in [3.63, 3.8) is 0 Å². The van der Waals surface area contributed by atoms with Crippen LogP contribution < -0.4 is 10.1 Å². The van der Waals surface area contributed by atoms with Gasteiger partial charge in [0.2, 0.25) is 0 Å². The van der Waals surface area contributed by atoms with Crippen molar-refractivity contribution in [1.29, 1.82) is 0 Å². The van der Waals surface area contributed by atoms with Gasteiger partial charge in [0, 0.05) is 5.02 Å². The minimum atomic E-state index is -0.278. The third-order valence-electron chi connectivity index (χ3n) is 2.19. The van der Waals surface area contributed by atoms with Crippen LogP contribution in [0, 0.1) is 0 Å². The van der Waals surface area contributed by atoms with Crippen LogP contribution in [0.15, 0.2) is 41.2 Å². The van der Waals surface area contributed by atoms with Crippen molar-refractivity contribution in [3.05, 3.63) is 47.4 Å².